The van der Waals surface area contributed by atoms with E-state index in [1.54, 1.807) is 43.3 Å². The summed E-state index contributed by atoms with van der Waals surface area (Å²) in [5, 5.41) is 0.600. The second-order valence-corrected chi connectivity index (χ2v) is 7.40. The summed E-state index contributed by atoms with van der Waals surface area (Å²) >= 11 is 6.03. The summed E-state index contributed by atoms with van der Waals surface area (Å²) in [7, 11) is 0. The van der Waals surface area contributed by atoms with Crippen molar-refractivity contribution in [1.29, 1.82) is 0 Å². The Kier molecular flexibility index (Phi) is 5.32. The van der Waals surface area contributed by atoms with Crippen LogP contribution in [0.15, 0.2) is 96.3 Å². The largest absolute Gasteiger partial charge is 0.489 e. The number of ether oxygens (including phenoxy) is 1. The van der Waals surface area contributed by atoms with Gasteiger partial charge in [-0.25, -0.2) is 0 Å². The van der Waals surface area contributed by atoms with Crippen molar-refractivity contribution in [3.63, 3.8) is 0 Å². The van der Waals surface area contributed by atoms with E-state index in [0.29, 0.717) is 27.5 Å². The van der Waals surface area contributed by atoms with Crippen molar-refractivity contribution < 1.29 is 14.3 Å². The SMILES string of the molecule is CC1=C(C(=O)c2ccccc2)[C@@H](C(=O)c2ccccc2)[C@@H](c2ccc(Cl)cc2)O1. The Balaban J connectivity index is 1.80. The van der Waals surface area contributed by atoms with Crippen LogP contribution in [0.5, 0.6) is 0 Å². The van der Waals surface area contributed by atoms with Crippen LogP contribution in [0.1, 0.15) is 39.3 Å². The monoisotopic (exact) mass is 402 g/mol. The quantitative estimate of drug-likeness (QED) is 0.486. The van der Waals surface area contributed by atoms with Crippen molar-refractivity contribution in [2.75, 3.05) is 0 Å². The molecular weight excluding hydrogens is 384 g/mol. The first kappa shape index (κ1) is 19.2. The van der Waals surface area contributed by atoms with E-state index in [9.17, 15) is 9.59 Å². The number of hydrogen-bond donors (Lipinski definition) is 0. The number of carbonyl (C=O) groups is 2. The van der Waals surface area contributed by atoms with Crippen LogP contribution in [0.4, 0.5) is 0 Å². The maximum absolute atomic E-state index is 13.5. The molecule has 0 spiro atoms. The van der Waals surface area contributed by atoms with E-state index >= 15 is 0 Å². The van der Waals surface area contributed by atoms with Gasteiger partial charge in [0.05, 0.1) is 11.5 Å². The third kappa shape index (κ3) is 3.74. The summed E-state index contributed by atoms with van der Waals surface area (Å²) in [6.45, 7) is 1.75. The Morgan fingerprint density at radius 2 is 1.34 bits per heavy atom. The highest BCUT2D eigenvalue weighted by Gasteiger charge is 2.44. The van der Waals surface area contributed by atoms with E-state index in [1.165, 1.54) is 0 Å². The molecule has 0 fully saturated rings. The van der Waals surface area contributed by atoms with Crippen molar-refractivity contribution in [3.05, 3.63) is 118 Å². The molecule has 0 aliphatic carbocycles. The summed E-state index contributed by atoms with van der Waals surface area (Å²) in [6, 6.07) is 25.2. The molecule has 3 nitrogen and oxygen atoms in total. The van der Waals surface area contributed by atoms with Gasteiger partial charge in [0.1, 0.15) is 11.9 Å². The molecular formula is C25H19ClO3. The van der Waals surface area contributed by atoms with E-state index in [-0.39, 0.29) is 11.6 Å². The molecule has 0 saturated heterocycles. The van der Waals surface area contributed by atoms with Gasteiger partial charge in [-0.1, -0.05) is 84.4 Å². The fraction of sp³-hybridized carbons (Fsp3) is 0.120. The van der Waals surface area contributed by atoms with E-state index in [0.717, 1.165) is 5.56 Å². The number of Topliss-reactive ketones (excluding diaryl/α,β-unsaturated/α-hetero) is 2. The third-order valence-electron chi connectivity index (χ3n) is 5.12. The number of halogens is 1. The van der Waals surface area contributed by atoms with Gasteiger partial charge in [-0.2, -0.15) is 0 Å². The van der Waals surface area contributed by atoms with Gasteiger partial charge in [0.15, 0.2) is 11.6 Å². The minimum Gasteiger partial charge on any atom is -0.489 e. The number of allylic oxidation sites excluding steroid dienone is 1. The molecule has 0 amide bonds. The maximum Gasteiger partial charge on any atom is 0.193 e. The highest BCUT2D eigenvalue weighted by molar-refractivity contribution is 6.30. The molecule has 0 aromatic heterocycles. The van der Waals surface area contributed by atoms with Crippen LogP contribution in [-0.2, 0) is 4.74 Å². The zero-order valence-corrected chi connectivity index (χ0v) is 16.6. The first-order chi connectivity index (χ1) is 14.1. The number of hydrogen-bond acceptors (Lipinski definition) is 3. The topological polar surface area (TPSA) is 43.4 Å². The molecule has 1 aliphatic heterocycles. The molecule has 1 aliphatic rings. The highest BCUT2D eigenvalue weighted by atomic mass is 35.5. The first-order valence-electron chi connectivity index (χ1n) is 9.38. The van der Waals surface area contributed by atoms with Gasteiger partial charge in [-0.3, -0.25) is 9.59 Å². The normalized spacial score (nSPS) is 18.4. The van der Waals surface area contributed by atoms with E-state index in [2.05, 4.69) is 0 Å². The van der Waals surface area contributed by atoms with Crippen molar-refractivity contribution in [3.8, 4) is 0 Å². The van der Waals surface area contributed by atoms with Crippen LogP contribution in [0, 0.1) is 5.92 Å². The Morgan fingerprint density at radius 3 is 1.93 bits per heavy atom. The van der Waals surface area contributed by atoms with Gasteiger partial charge in [0.25, 0.3) is 0 Å². The van der Waals surface area contributed by atoms with Gasteiger partial charge >= 0.3 is 0 Å². The molecule has 0 radical (unpaired) electrons. The van der Waals surface area contributed by atoms with Crippen LogP contribution in [0.25, 0.3) is 0 Å². The molecule has 3 aromatic rings. The molecule has 3 aromatic carbocycles. The highest BCUT2D eigenvalue weighted by Crippen LogP contribution is 2.44. The number of rotatable bonds is 5. The zero-order valence-electron chi connectivity index (χ0n) is 15.8. The summed E-state index contributed by atoms with van der Waals surface area (Å²) in [5.74, 6) is -0.574. The third-order valence-corrected chi connectivity index (χ3v) is 5.37. The lowest BCUT2D eigenvalue weighted by atomic mass is 9.81. The number of ketones is 2. The van der Waals surface area contributed by atoms with E-state index < -0.39 is 12.0 Å². The number of carbonyl (C=O) groups excluding carboxylic acids is 2. The Bertz CT molecular complexity index is 1070. The average Bonchev–Trinajstić information content (AvgIpc) is 3.11. The van der Waals surface area contributed by atoms with E-state index in [4.69, 9.17) is 16.3 Å². The molecule has 4 rings (SSSR count). The smallest absolute Gasteiger partial charge is 0.193 e. The van der Waals surface area contributed by atoms with Crippen molar-refractivity contribution >= 4 is 23.2 Å². The molecule has 4 heteroatoms. The fourth-order valence-electron chi connectivity index (χ4n) is 3.70. The molecule has 29 heavy (non-hydrogen) atoms. The molecule has 2 atom stereocenters. The van der Waals surface area contributed by atoms with Gasteiger partial charge in [-0.05, 0) is 24.6 Å². The van der Waals surface area contributed by atoms with Gasteiger partial charge in [0.2, 0.25) is 0 Å². The molecule has 144 valence electrons. The standard InChI is InChI=1S/C25H19ClO3/c1-16-21(23(27)17-8-4-2-5-9-17)22(24(28)18-10-6-3-7-11-18)25(29-16)19-12-14-20(26)15-13-19/h2-15,22,25H,1H3/t22-,25+/m0/s1. The average molecular weight is 403 g/mol. The Morgan fingerprint density at radius 1 is 0.793 bits per heavy atom. The van der Waals surface area contributed by atoms with Gasteiger partial charge in [-0.15, -0.1) is 0 Å². The minimum atomic E-state index is -0.730. The predicted molar refractivity (Wildman–Crippen MR) is 113 cm³/mol. The lowest BCUT2D eigenvalue weighted by Gasteiger charge is -2.21. The Hall–Kier alpha value is -3.17. The van der Waals surface area contributed by atoms with Crippen molar-refractivity contribution in [2.45, 2.75) is 13.0 Å². The summed E-state index contributed by atoms with van der Waals surface area (Å²) in [4.78, 5) is 26.8. The lowest BCUT2D eigenvalue weighted by molar-refractivity contribution is 0.0742. The van der Waals surface area contributed by atoms with Crippen LogP contribution in [0.3, 0.4) is 0 Å². The molecule has 1 heterocycles. The maximum atomic E-state index is 13.5. The van der Waals surface area contributed by atoms with Gasteiger partial charge < -0.3 is 4.74 Å². The molecule has 0 bridgehead atoms. The van der Waals surface area contributed by atoms with Gasteiger partial charge in [0, 0.05) is 16.1 Å². The first-order valence-corrected chi connectivity index (χ1v) is 9.76. The lowest BCUT2D eigenvalue weighted by Crippen LogP contribution is -2.25. The summed E-state index contributed by atoms with van der Waals surface area (Å²) in [5.41, 5.74) is 2.30. The molecule has 0 saturated carbocycles. The van der Waals surface area contributed by atoms with Crippen LogP contribution < -0.4 is 0 Å². The second-order valence-electron chi connectivity index (χ2n) is 6.96. The molecule has 0 unspecified atom stereocenters. The van der Waals surface area contributed by atoms with Crippen LogP contribution in [-0.4, -0.2) is 11.6 Å². The minimum absolute atomic E-state index is 0.137. The number of benzene rings is 3. The fourth-order valence-corrected chi connectivity index (χ4v) is 3.83. The zero-order chi connectivity index (χ0) is 20.4. The summed E-state index contributed by atoms with van der Waals surface area (Å²) < 4.78 is 6.09. The predicted octanol–water partition coefficient (Wildman–Crippen LogP) is 6.07. The van der Waals surface area contributed by atoms with Crippen molar-refractivity contribution in [1.82, 2.24) is 0 Å². The van der Waals surface area contributed by atoms with E-state index in [1.807, 2.05) is 48.5 Å². The van der Waals surface area contributed by atoms with Crippen LogP contribution in [0.2, 0.25) is 5.02 Å². The second kappa shape index (κ2) is 8.06. The Labute approximate surface area is 174 Å². The summed E-state index contributed by atoms with van der Waals surface area (Å²) in [6.07, 6.45) is -0.581. The van der Waals surface area contributed by atoms with Crippen LogP contribution >= 0.6 is 11.6 Å². The van der Waals surface area contributed by atoms with Crippen molar-refractivity contribution in [2.24, 2.45) is 5.92 Å². The molecule has 0 N–H and O–H groups in total.